The molecule has 3 N–H and O–H groups in total. The molecule has 0 saturated carbocycles. The molecule has 3 rings (SSSR count). The van der Waals surface area contributed by atoms with Gasteiger partial charge >= 0.3 is 0 Å². The summed E-state index contributed by atoms with van der Waals surface area (Å²) in [7, 11) is 0. The summed E-state index contributed by atoms with van der Waals surface area (Å²) in [5.74, 6) is 1.72. The number of carbonyl (C=O) groups is 1. The van der Waals surface area contributed by atoms with Crippen LogP contribution >= 0.6 is 0 Å². The highest BCUT2D eigenvalue weighted by molar-refractivity contribution is 5.80. The standard InChI is InChI=1S/C22H25FN6O2/c1-14-8-9-24-19(12-14)29-21-13-20(27-16(3)28-21)25-10-11-26-22(30)15(2)31-18-7-5-4-6-17(18)23/h4-9,12-13,15H,10-11H2,1-3H3,(H,26,30)(H2,24,25,27,28,29). The first kappa shape index (κ1) is 21.9. The number of benzene rings is 1. The van der Waals surface area contributed by atoms with E-state index in [2.05, 4.69) is 30.9 Å². The van der Waals surface area contributed by atoms with E-state index in [1.807, 2.05) is 19.1 Å². The number of hydrogen-bond donors (Lipinski definition) is 3. The monoisotopic (exact) mass is 424 g/mol. The minimum Gasteiger partial charge on any atom is -0.478 e. The molecule has 0 saturated heterocycles. The normalized spacial score (nSPS) is 11.5. The highest BCUT2D eigenvalue weighted by Gasteiger charge is 2.15. The molecule has 1 atom stereocenters. The van der Waals surface area contributed by atoms with Crippen LogP contribution in [-0.2, 0) is 4.79 Å². The molecule has 162 valence electrons. The maximum atomic E-state index is 13.6. The van der Waals surface area contributed by atoms with E-state index in [-0.39, 0.29) is 11.7 Å². The second-order valence-corrected chi connectivity index (χ2v) is 6.94. The van der Waals surface area contributed by atoms with Gasteiger partial charge in [0.15, 0.2) is 17.7 Å². The van der Waals surface area contributed by atoms with Crippen LogP contribution in [-0.4, -0.2) is 40.1 Å². The molecule has 8 nitrogen and oxygen atoms in total. The largest absolute Gasteiger partial charge is 0.478 e. The van der Waals surface area contributed by atoms with Gasteiger partial charge in [0.2, 0.25) is 0 Å². The second kappa shape index (κ2) is 10.3. The van der Waals surface area contributed by atoms with Gasteiger partial charge in [0.25, 0.3) is 5.91 Å². The van der Waals surface area contributed by atoms with Crippen molar-refractivity contribution in [1.82, 2.24) is 20.3 Å². The molecule has 1 aromatic carbocycles. The Morgan fingerprint density at radius 3 is 2.61 bits per heavy atom. The lowest BCUT2D eigenvalue weighted by molar-refractivity contribution is -0.127. The van der Waals surface area contributed by atoms with Crippen LogP contribution in [0.5, 0.6) is 5.75 Å². The molecule has 0 aliphatic rings. The SMILES string of the molecule is Cc1ccnc(Nc2cc(NCCNC(=O)C(C)Oc3ccccc3F)nc(C)n2)c1. The predicted octanol–water partition coefficient (Wildman–Crippen LogP) is 3.37. The molecule has 0 aliphatic heterocycles. The smallest absolute Gasteiger partial charge is 0.260 e. The summed E-state index contributed by atoms with van der Waals surface area (Å²) < 4.78 is 19.0. The lowest BCUT2D eigenvalue weighted by atomic mass is 10.3. The Morgan fingerprint density at radius 1 is 1.06 bits per heavy atom. The van der Waals surface area contributed by atoms with Crippen molar-refractivity contribution in [3.63, 3.8) is 0 Å². The van der Waals surface area contributed by atoms with Crippen LogP contribution in [0, 0.1) is 19.7 Å². The molecule has 31 heavy (non-hydrogen) atoms. The Balaban J connectivity index is 1.48. The van der Waals surface area contributed by atoms with E-state index in [0.717, 1.165) is 5.56 Å². The molecule has 2 aromatic heterocycles. The number of carbonyl (C=O) groups excluding carboxylic acids is 1. The van der Waals surface area contributed by atoms with Gasteiger partial charge in [0.05, 0.1) is 0 Å². The quantitative estimate of drug-likeness (QED) is 0.453. The summed E-state index contributed by atoms with van der Waals surface area (Å²) in [6.45, 7) is 6.14. The Labute approximate surface area is 180 Å². The van der Waals surface area contributed by atoms with Gasteiger partial charge in [-0.15, -0.1) is 0 Å². The average Bonchev–Trinajstić information content (AvgIpc) is 2.72. The maximum absolute atomic E-state index is 13.6. The molecule has 0 bridgehead atoms. The molecule has 0 aliphatic carbocycles. The summed E-state index contributed by atoms with van der Waals surface area (Å²) in [6, 6.07) is 11.6. The van der Waals surface area contributed by atoms with Crippen molar-refractivity contribution in [3.05, 3.63) is 65.9 Å². The molecule has 0 spiro atoms. The predicted molar refractivity (Wildman–Crippen MR) is 117 cm³/mol. The minimum absolute atomic E-state index is 0.0443. The number of aryl methyl sites for hydroxylation is 2. The number of rotatable bonds is 9. The molecule has 0 radical (unpaired) electrons. The van der Waals surface area contributed by atoms with Crippen molar-refractivity contribution in [3.8, 4) is 5.75 Å². The zero-order valence-electron chi connectivity index (χ0n) is 17.6. The number of aromatic nitrogens is 3. The number of ether oxygens (including phenoxy) is 1. The fourth-order valence-electron chi connectivity index (χ4n) is 2.76. The van der Waals surface area contributed by atoms with Gasteiger partial charge in [0.1, 0.15) is 23.3 Å². The number of halogens is 1. The van der Waals surface area contributed by atoms with Crippen LogP contribution < -0.4 is 20.7 Å². The molecule has 1 unspecified atom stereocenters. The van der Waals surface area contributed by atoms with Crippen LogP contribution in [0.15, 0.2) is 48.7 Å². The van der Waals surface area contributed by atoms with Gasteiger partial charge in [-0.05, 0) is 50.6 Å². The molecule has 9 heteroatoms. The highest BCUT2D eigenvalue weighted by atomic mass is 19.1. The fourth-order valence-corrected chi connectivity index (χ4v) is 2.76. The topological polar surface area (TPSA) is 101 Å². The third-order valence-corrected chi connectivity index (χ3v) is 4.25. The zero-order valence-corrected chi connectivity index (χ0v) is 17.6. The number of anilines is 3. The number of nitrogens with zero attached hydrogens (tertiary/aromatic N) is 3. The summed E-state index contributed by atoms with van der Waals surface area (Å²) in [5, 5.41) is 9.06. The number of hydrogen-bond acceptors (Lipinski definition) is 7. The van der Waals surface area contributed by atoms with Crippen molar-refractivity contribution in [2.75, 3.05) is 23.7 Å². The molecule has 1 amide bonds. The second-order valence-electron chi connectivity index (χ2n) is 6.94. The number of pyridine rings is 1. The lowest BCUT2D eigenvalue weighted by Gasteiger charge is -2.15. The first-order valence-electron chi connectivity index (χ1n) is 9.89. The molecule has 3 aromatic rings. The Bertz CT molecular complexity index is 1050. The van der Waals surface area contributed by atoms with E-state index in [1.54, 1.807) is 38.2 Å². The molecule has 2 heterocycles. The van der Waals surface area contributed by atoms with Crippen LogP contribution in [0.3, 0.4) is 0 Å². The molecule has 0 fully saturated rings. The number of para-hydroxylation sites is 1. The zero-order chi connectivity index (χ0) is 22.2. The highest BCUT2D eigenvalue weighted by Crippen LogP contribution is 2.17. The van der Waals surface area contributed by atoms with Crippen LogP contribution in [0.2, 0.25) is 0 Å². The lowest BCUT2D eigenvalue weighted by Crippen LogP contribution is -2.38. The van der Waals surface area contributed by atoms with Crippen LogP contribution in [0.25, 0.3) is 0 Å². The van der Waals surface area contributed by atoms with E-state index in [9.17, 15) is 9.18 Å². The van der Waals surface area contributed by atoms with Crippen molar-refractivity contribution in [2.24, 2.45) is 0 Å². The third kappa shape index (κ3) is 6.63. The summed E-state index contributed by atoms with van der Waals surface area (Å²) >= 11 is 0. The van der Waals surface area contributed by atoms with Gasteiger partial charge in [0, 0.05) is 25.4 Å². The first-order chi connectivity index (χ1) is 14.9. The van der Waals surface area contributed by atoms with E-state index < -0.39 is 11.9 Å². The van der Waals surface area contributed by atoms with E-state index in [4.69, 9.17) is 4.74 Å². The average molecular weight is 424 g/mol. The van der Waals surface area contributed by atoms with Gasteiger partial charge in [-0.2, -0.15) is 0 Å². The third-order valence-electron chi connectivity index (χ3n) is 4.25. The van der Waals surface area contributed by atoms with Crippen molar-refractivity contribution in [1.29, 1.82) is 0 Å². The summed E-state index contributed by atoms with van der Waals surface area (Å²) in [6.07, 6.45) is 0.903. The van der Waals surface area contributed by atoms with Crippen LogP contribution in [0.1, 0.15) is 18.3 Å². The van der Waals surface area contributed by atoms with Gasteiger partial charge in [-0.25, -0.2) is 19.3 Å². The van der Waals surface area contributed by atoms with Crippen molar-refractivity contribution >= 4 is 23.4 Å². The Hall–Kier alpha value is -3.75. The summed E-state index contributed by atoms with van der Waals surface area (Å²) in [5.41, 5.74) is 1.09. The fraction of sp³-hybridized carbons (Fsp3) is 0.273. The van der Waals surface area contributed by atoms with Crippen molar-refractivity contribution < 1.29 is 13.9 Å². The number of nitrogens with one attached hydrogen (secondary N) is 3. The van der Waals surface area contributed by atoms with Gasteiger partial charge in [-0.1, -0.05) is 12.1 Å². The Kier molecular flexibility index (Phi) is 7.31. The first-order valence-corrected chi connectivity index (χ1v) is 9.89. The van der Waals surface area contributed by atoms with Crippen LogP contribution in [0.4, 0.5) is 21.8 Å². The van der Waals surface area contributed by atoms with E-state index in [1.165, 1.54) is 12.1 Å². The van der Waals surface area contributed by atoms with Crippen molar-refractivity contribution in [2.45, 2.75) is 26.9 Å². The maximum Gasteiger partial charge on any atom is 0.260 e. The molecular formula is C22H25FN6O2. The van der Waals surface area contributed by atoms with Gasteiger partial charge in [-0.3, -0.25) is 4.79 Å². The number of amides is 1. The van der Waals surface area contributed by atoms with Gasteiger partial charge < -0.3 is 20.7 Å². The van der Waals surface area contributed by atoms with E-state index >= 15 is 0 Å². The summed E-state index contributed by atoms with van der Waals surface area (Å²) in [4.78, 5) is 25.2. The molecular weight excluding hydrogens is 399 g/mol. The Morgan fingerprint density at radius 2 is 1.84 bits per heavy atom. The van der Waals surface area contributed by atoms with E-state index in [0.29, 0.717) is 36.4 Å². The minimum atomic E-state index is -0.823.